The van der Waals surface area contributed by atoms with Crippen LogP contribution < -0.4 is 15.4 Å². The van der Waals surface area contributed by atoms with E-state index in [9.17, 15) is 8.78 Å². The van der Waals surface area contributed by atoms with Gasteiger partial charge >= 0.3 is 0 Å². The zero-order chi connectivity index (χ0) is 21.5. The molecule has 0 unspecified atom stereocenters. The predicted molar refractivity (Wildman–Crippen MR) is 120 cm³/mol. The lowest BCUT2D eigenvalue weighted by molar-refractivity contribution is 0.483. The van der Waals surface area contributed by atoms with Gasteiger partial charge in [0.1, 0.15) is 23.1 Å². The molecule has 0 spiro atoms. The quantitative estimate of drug-likeness (QED) is 0.325. The smallest absolute Gasteiger partial charge is 0.128 e. The predicted octanol–water partition coefficient (Wildman–Crippen LogP) is 6.98. The molecule has 0 aliphatic rings. The molecule has 5 heteroatoms. The zero-order valence-corrected chi connectivity index (χ0v) is 16.8. The second kappa shape index (κ2) is 9.76. The van der Waals surface area contributed by atoms with Crippen LogP contribution >= 0.6 is 0 Å². The summed E-state index contributed by atoms with van der Waals surface area (Å²) in [6.07, 6.45) is 0. The molecule has 0 aromatic heterocycles. The average molecular weight is 416 g/mol. The molecule has 2 N–H and O–H groups in total. The molecule has 3 nitrogen and oxygen atoms in total. The Bertz CT molecular complexity index is 1040. The highest BCUT2D eigenvalue weighted by Crippen LogP contribution is 2.25. The fourth-order valence-electron chi connectivity index (χ4n) is 3.10. The Balaban J connectivity index is 1.30. The number of rotatable bonds is 8. The van der Waals surface area contributed by atoms with Gasteiger partial charge in [-0.2, -0.15) is 0 Å². The highest BCUT2D eigenvalue weighted by atomic mass is 19.1. The summed E-state index contributed by atoms with van der Waals surface area (Å²) in [5.41, 5.74) is 2.99. The molecule has 0 amide bonds. The Morgan fingerprint density at radius 2 is 0.903 bits per heavy atom. The van der Waals surface area contributed by atoms with Crippen LogP contribution in [-0.2, 0) is 13.1 Å². The molecular formula is C26H22F2N2O. The molecule has 0 aliphatic carbocycles. The molecule has 4 aromatic carbocycles. The number of nitrogens with one attached hydrogen (secondary N) is 2. The van der Waals surface area contributed by atoms with Gasteiger partial charge in [0.15, 0.2) is 0 Å². The lowest BCUT2D eigenvalue weighted by Gasteiger charge is -2.11. The molecule has 4 rings (SSSR count). The summed E-state index contributed by atoms with van der Waals surface area (Å²) in [5.74, 6) is 0.954. The first kappa shape index (κ1) is 20.4. The molecule has 0 saturated carbocycles. The van der Waals surface area contributed by atoms with Crippen LogP contribution in [0.5, 0.6) is 11.5 Å². The number of hydrogen-bond acceptors (Lipinski definition) is 3. The van der Waals surface area contributed by atoms with E-state index in [0.717, 1.165) is 11.4 Å². The topological polar surface area (TPSA) is 33.3 Å². The molecule has 0 fully saturated rings. The summed E-state index contributed by atoms with van der Waals surface area (Å²) in [6, 6.07) is 28.4. The Labute approximate surface area is 180 Å². The van der Waals surface area contributed by atoms with E-state index < -0.39 is 0 Å². The molecule has 0 saturated heterocycles. The van der Waals surface area contributed by atoms with E-state index in [0.29, 0.717) is 35.7 Å². The van der Waals surface area contributed by atoms with Gasteiger partial charge in [-0.05, 0) is 60.7 Å². The molecule has 0 atom stereocenters. The third kappa shape index (κ3) is 5.60. The van der Waals surface area contributed by atoms with Gasteiger partial charge in [0.05, 0.1) is 0 Å². The van der Waals surface area contributed by atoms with Gasteiger partial charge < -0.3 is 15.4 Å². The van der Waals surface area contributed by atoms with Crippen molar-refractivity contribution in [3.63, 3.8) is 0 Å². The van der Waals surface area contributed by atoms with Crippen LogP contribution in [0.25, 0.3) is 0 Å². The van der Waals surface area contributed by atoms with Crippen molar-refractivity contribution < 1.29 is 13.5 Å². The molecular weight excluding hydrogens is 394 g/mol. The first-order valence-corrected chi connectivity index (χ1v) is 10.00. The van der Waals surface area contributed by atoms with E-state index in [1.54, 1.807) is 24.3 Å². The monoisotopic (exact) mass is 416 g/mol. The van der Waals surface area contributed by atoms with Crippen LogP contribution in [0.2, 0.25) is 0 Å². The van der Waals surface area contributed by atoms with Crippen molar-refractivity contribution in [2.75, 3.05) is 10.6 Å². The molecule has 156 valence electrons. The molecule has 0 aliphatic heterocycles. The van der Waals surface area contributed by atoms with E-state index in [4.69, 9.17) is 4.74 Å². The van der Waals surface area contributed by atoms with Crippen molar-refractivity contribution in [1.82, 2.24) is 0 Å². The minimum Gasteiger partial charge on any atom is -0.457 e. The minimum atomic E-state index is -0.221. The SMILES string of the molecule is Fc1ccccc1CNc1ccc(Oc2ccc(NCc3ccccc3F)cc2)cc1. The van der Waals surface area contributed by atoms with Gasteiger partial charge in [0.2, 0.25) is 0 Å². The minimum absolute atomic E-state index is 0.221. The van der Waals surface area contributed by atoms with Crippen molar-refractivity contribution in [1.29, 1.82) is 0 Å². The summed E-state index contributed by atoms with van der Waals surface area (Å²) < 4.78 is 33.3. The van der Waals surface area contributed by atoms with Crippen LogP contribution in [0.1, 0.15) is 11.1 Å². The van der Waals surface area contributed by atoms with Crippen LogP contribution in [0.4, 0.5) is 20.2 Å². The molecule has 31 heavy (non-hydrogen) atoms. The van der Waals surface area contributed by atoms with Crippen LogP contribution in [0, 0.1) is 11.6 Å². The maximum atomic E-state index is 13.7. The first-order valence-electron chi connectivity index (χ1n) is 10.00. The van der Waals surface area contributed by atoms with Gasteiger partial charge in [-0.1, -0.05) is 36.4 Å². The van der Waals surface area contributed by atoms with Gasteiger partial charge in [0.25, 0.3) is 0 Å². The maximum Gasteiger partial charge on any atom is 0.128 e. The summed E-state index contributed by atoms with van der Waals surface area (Å²) in [6.45, 7) is 0.822. The Kier molecular flexibility index (Phi) is 6.43. The Morgan fingerprint density at radius 3 is 1.29 bits per heavy atom. The van der Waals surface area contributed by atoms with Crippen molar-refractivity contribution in [3.8, 4) is 11.5 Å². The van der Waals surface area contributed by atoms with E-state index in [1.807, 2.05) is 60.7 Å². The molecule has 0 heterocycles. The average Bonchev–Trinajstić information content (AvgIpc) is 2.80. The van der Waals surface area contributed by atoms with Crippen LogP contribution in [0.15, 0.2) is 97.1 Å². The number of hydrogen-bond donors (Lipinski definition) is 2. The summed E-state index contributed by atoms with van der Waals surface area (Å²) in [5, 5.41) is 6.40. The fourth-order valence-corrected chi connectivity index (χ4v) is 3.10. The van der Waals surface area contributed by atoms with Crippen LogP contribution in [-0.4, -0.2) is 0 Å². The summed E-state index contributed by atoms with van der Waals surface area (Å²) in [7, 11) is 0. The van der Waals surface area contributed by atoms with E-state index in [1.165, 1.54) is 12.1 Å². The van der Waals surface area contributed by atoms with Crippen molar-refractivity contribution in [2.24, 2.45) is 0 Å². The standard InChI is InChI=1S/C26H22F2N2O/c27-25-7-3-1-5-19(25)17-29-21-9-13-23(14-10-21)31-24-15-11-22(12-16-24)30-18-20-6-2-4-8-26(20)28/h1-16,29-30H,17-18H2. The summed E-state index contributed by atoms with van der Waals surface area (Å²) in [4.78, 5) is 0. The Morgan fingerprint density at radius 1 is 0.516 bits per heavy atom. The Hall–Kier alpha value is -3.86. The van der Waals surface area contributed by atoms with Gasteiger partial charge in [-0.15, -0.1) is 0 Å². The first-order chi connectivity index (χ1) is 15.2. The van der Waals surface area contributed by atoms with Gasteiger partial charge in [-0.3, -0.25) is 0 Å². The van der Waals surface area contributed by atoms with E-state index in [-0.39, 0.29) is 11.6 Å². The maximum absolute atomic E-state index is 13.7. The van der Waals surface area contributed by atoms with Gasteiger partial charge in [0, 0.05) is 35.6 Å². The van der Waals surface area contributed by atoms with Crippen molar-refractivity contribution in [2.45, 2.75) is 13.1 Å². The summed E-state index contributed by atoms with van der Waals surface area (Å²) >= 11 is 0. The number of ether oxygens (including phenoxy) is 1. The molecule has 0 radical (unpaired) electrons. The molecule has 4 aromatic rings. The number of benzene rings is 4. The van der Waals surface area contributed by atoms with E-state index >= 15 is 0 Å². The normalized spacial score (nSPS) is 10.5. The second-order valence-corrected chi connectivity index (χ2v) is 7.04. The molecule has 0 bridgehead atoms. The van der Waals surface area contributed by atoms with Crippen molar-refractivity contribution >= 4 is 11.4 Å². The van der Waals surface area contributed by atoms with E-state index in [2.05, 4.69) is 10.6 Å². The second-order valence-electron chi connectivity index (χ2n) is 7.04. The van der Waals surface area contributed by atoms with Crippen LogP contribution in [0.3, 0.4) is 0 Å². The number of anilines is 2. The fraction of sp³-hybridized carbons (Fsp3) is 0.0769. The lowest BCUT2D eigenvalue weighted by Crippen LogP contribution is -2.01. The zero-order valence-electron chi connectivity index (χ0n) is 16.8. The largest absolute Gasteiger partial charge is 0.457 e. The third-order valence-corrected chi connectivity index (χ3v) is 4.83. The highest BCUT2D eigenvalue weighted by molar-refractivity contribution is 5.50. The van der Waals surface area contributed by atoms with Gasteiger partial charge in [-0.25, -0.2) is 8.78 Å². The third-order valence-electron chi connectivity index (χ3n) is 4.83. The highest BCUT2D eigenvalue weighted by Gasteiger charge is 2.03. The lowest BCUT2D eigenvalue weighted by atomic mass is 10.2. The van der Waals surface area contributed by atoms with Crippen molar-refractivity contribution in [3.05, 3.63) is 120 Å². The number of halogens is 2.